The molecule has 1 aliphatic rings. The molecule has 1 aliphatic heterocycles. The molecular formula is C10H15N3. The highest BCUT2D eigenvalue weighted by Crippen LogP contribution is 2.21. The molecule has 0 amide bonds. The van der Waals surface area contributed by atoms with Gasteiger partial charge in [0.05, 0.1) is 0 Å². The number of pyridine rings is 1. The van der Waals surface area contributed by atoms with E-state index in [-0.39, 0.29) is 0 Å². The van der Waals surface area contributed by atoms with Crippen molar-refractivity contribution in [2.45, 2.75) is 0 Å². The summed E-state index contributed by atoms with van der Waals surface area (Å²) in [6.45, 7) is 3.39. The average Bonchev–Trinajstić information content (AvgIpc) is 2.12. The third-order valence-electron chi connectivity index (χ3n) is 2.42. The molecule has 2 rings (SSSR count). The molecule has 3 nitrogen and oxygen atoms in total. The Labute approximate surface area is 78.8 Å². The Kier molecular flexibility index (Phi) is 2.45. The van der Waals surface area contributed by atoms with Gasteiger partial charge < -0.3 is 10.2 Å². The molecule has 0 radical (unpaired) electrons. The fraction of sp³-hybridized carbons (Fsp3) is 0.500. The van der Waals surface area contributed by atoms with Crippen LogP contribution in [-0.2, 0) is 0 Å². The SMILES string of the molecule is CNCC1CN(c2ccccn2)C1. The Bertz CT molecular complexity index is 254. The fourth-order valence-corrected chi connectivity index (χ4v) is 1.72. The van der Waals surface area contributed by atoms with Crippen LogP contribution in [0.15, 0.2) is 24.4 Å². The molecule has 1 aromatic rings. The van der Waals surface area contributed by atoms with Gasteiger partial charge in [-0.3, -0.25) is 0 Å². The van der Waals surface area contributed by atoms with E-state index in [1.54, 1.807) is 0 Å². The highest BCUT2D eigenvalue weighted by atomic mass is 15.2. The van der Waals surface area contributed by atoms with E-state index in [2.05, 4.69) is 21.3 Å². The molecule has 0 atom stereocenters. The Balaban J connectivity index is 1.87. The zero-order chi connectivity index (χ0) is 9.10. The van der Waals surface area contributed by atoms with Gasteiger partial charge in [0.1, 0.15) is 5.82 Å². The minimum absolute atomic E-state index is 0.798. The van der Waals surface area contributed by atoms with Gasteiger partial charge >= 0.3 is 0 Å². The molecule has 13 heavy (non-hydrogen) atoms. The van der Waals surface area contributed by atoms with Crippen molar-refractivity contribution in [3.05, 3.63) is 24.4 Å². The summed E-state index contributed by atoms with van der Waals surface area (Å²) in [5.41, 5.74) is 0. The molecule has 70 valence electrons. The van der Waals surface area contributed by atoms with Crippen molar-refractivity contribution < 1.29 is 0 Å². The van der Waals surface area contributed by atoms with Gasteiger partial charge in [-0.25, -0.2) is 4.98 Å². The molecule has 1 N–H and O–H groups in total. The van der Waals surface area contributed by atoms with Crippen LogP contribution in [-0.4, -0.2) is 31.7 Å². The summed E-state index contributed by atoms with van der Waals surface area (Å²) in [5.74, 6) is 1.90. The second kappa shape index (κ2) is 3.75. The molecule has 1 aromatic heterocycles. The normalized spacial score (nSPS) is 17.2. The van der Waals surface area contributed by atoms with Crippen molar-refractivity contribution in [2.24, 2.45) is 5.92 Å². The summed E-state index contributed by atoms with van der Waals surface area (Å²) < 4.78 is 0. The van der Waals surface area contributed by atoms with Crippen LogP contribution < -0.4 is 10.2 Å². The number of anilines is 1. The quantitative estimate of drug-likeness (QED) is 0.738. The molecule has 0 saturated carbocycles. The van der Waals surface area contributed by atoms with Gasteiger partial charge in [0.15, 0.2) is 0 Å². The Morgan fingerprint density at radius 3 is 3.00 bits per heavy atom. The van der Waals surface area contributed by atoms with E-state index in [9.17, 15) is 0 Å². The van der Waals surface area contributed by atoms with E-state index < -0.39 is 0 Å². The van der Waals surface area contributed by atoms with Crippen molar-refractivity contribution in [1.82, 2.24) is 10.3 Å². The number of hydrogen-bond donors (Lipinski definition) is 1. The zero-order valence-electron chi connectivity index (χ0n) is 7.90. The highest BCUT2D eigenvalue weighted by molar-refractivity contribution is 5.40. The van der Waals surface area contributed by atoms with E-state index in [4.69, 9.17) is 0 Å². The first-order chi connectivity index (χ1) is 6.40. The molecular weight excluding hydrogens is 162 g/mol. The lowest BCUT2D eigenvalue weighted by atomic mass is 10.0. The largest absolute Gasteiger partial charge is 0.356 e. The van der Waals surface area contributed by atoms with Gasteiger partial charge in [0.25, 0.3) is 0 Å². The summed E-state index contributed by atoms with van der Waals surface area (Å²) in [6, 6.07) is 6.05. The van der Waals surface area contributed by atoms with E-state index in [0.29, 0.717) is 0 Å². The molecule has 1 saturated heterocycles. The molecule has 1 fully saturated rings. The van der Waals surface area contributed by atoms with Crippen LogP contribution >= 0.6 is 0 Å². The van der Waals surface area contributed by atoms with Gasteiger partial charge in [0.2, 0.25) is 0 Å². The van der Waals surface area contributed by atoms with Crippen molar-refractivity contribution in [2.75, 3.05) is 31.6 Å². The van der Waals surface area contributed by atoms with Crippen molar-refractivity contribution in [3.8, 4) is 0 Å². The predicted molar refractivity (Wildman–Crippen MR) is 53.9 cm³/mol. The second-order valence-electron chi connectivity index (χ2n) is 3.52. The molecule has 0 unspecified atom stereocenters. The summed E-state index contributed by atoms with van der Waals surface area (Å²) in [7, 11) is 2.00. The third-order valence-corrected chi connectivity index (χ3v) is 2.42. The third kappa shape index (κ3) is 1.80. The number of nitrogens with zero attached hydrogens (tertiary/aromatic N) is 2. The predicted octanol–water partition coefficient (Wildman–Crippen LogP) is 0.737. The van der Waals surface area contributed by atoms with Crippen LogP contribution in [0, 0.1) is 5.92 Å². The monoisotopic (exact) mass is 177 g/mol. The lowest BCUT2D eigenvalue weighted by molar-refractivity contribution is 0.394. The van der Waals surface area contributed by atoms with Crippen LogP contribution in [0.25, 0.3) is 0 Å². The first kappa shape index (κ1) is 8.51. The van der Waals surface area contributed by atoms with Crippen molar-refractivity contribution in [3.63, 3.8) is 0 Å². The lowest BCUT2D eigenvalue weighted by Gasteiger charge is -2.40. The molecule has 0 bridgehead atoms. The van der Waals surface area contributed by atoms with E-state index in [1.807, 2.05) is 25.4 Å². The molecule has 0 aromatic carbocycles. The maximum atomic E-state index is 4.30. The van der Waals surface area contributed by atoms with Crippen molar-refractivity contribution >= 4 is 5.82 Å². The summed E-state index contributed by atoms with van der Waals surface area (Å²) in [6.07, 6.45) is 1.85. The average molecular weight is 177 g/mol. The number of rotatable bonds is 3. The first-order valence-corrected chi connectivity index (χ1v) is 4.70. The number of hydrogen-bond acceptors (Lipinski definition) is 3. The Morgan fingerprint density at radius 2 is 2.38 bits per heavy atom. The molecule has 0 spiro atoms. The van der Waals surface area contributed by atoms with E-state index in [0.717, 1.165) is 31.4 Å². The minimum Gasteiger partial charge on any atom is -0.356 e. The second-order valence-corrected chi connectivity index (χ2v) is 3.52. The van der Waals surface area contributed by atoms with Crippen molar-refractivity contribution in [1.29, 1.82) is 0 Å². The Hall–Kier alpha value is -1.09. The lowest BCUT2D eigenvalue weighted by Crippen LogP contribution is -2.50. The summed E-state index contributed by atoms with van der Waals surface area (Å²) in [4.78, 5) is 6.61. The summed E-state index contributed by atoms with van der Waals surface area (Å²) in [5, 5.41) is 3.19. The van der Waals surface area contributed by atoms with Gasteiger partial charge in [-0.05, 0) is 19.2 Å². The van der Waals surface area contributed by atoms with Crippen LogP contribution in [0.3, 0.4) is 0 Å². The molecule has 3 heteroatoms. The number of aromatic nitrogens is 1. The minimum atomic E-state index is 0.798. The maximum absolute atomic E-state index is 4.30. The molecule has 2 heterocycles. The maximum Gasteiger partial charge on any atom is 0.128 e. The van der Waals surface area contributed by atoms with E-state index in [1.165, 1.54) is 0 Å². The summed E-state index contributed by atoms with van der Waals surface area (Å²) >= 11 is 0. The smallest absolute Gasteiger partial charge is 0.128 e. The zero-order valence-corrected chi connectivity index (χ0v) is 7.90. The van der Waals surface area contributed by atoms with Crippen LogP contribution in [0.1, 0.15) is 0 Å². The topological polar surface area (TPSA) is 28.2 Å². The Morgan fingerprint density at radius 1 is 1.54 bits per heavy atom. The highest BCUT2D eigenvalue weighted by Gasteiger charge is 2.26. The van der Waals surface area contributed by atoms with E-state index >= 15 is 0 Å². The van der Waals surface area contributed by atoms with Gasteiger partial charge in [-0.2, -0.15) is 0 Å². The van der Waals surface area contributed by atoms with Gasteiger partial charge in [0, 0.05) is 31.7 Å². The standard InChI is InChI=1S/C10H15N3/c1-11-6-9-7-13(8-9)10-4-2-3-5-12-10/h2-5,9,11H,6-8H2,1H3. The fourth-order valence-electron chi connectivity index (χ4n) is 1.72. The van der Waals surface area contributed by atoms with Crippen LogP contribution in [0.5, 0.6) is 0 Å². The first-order valence-electron chi connectivity index (χ1n) is 4.70. The number of nitrogens with one attached hydrogen (secondary N) is 1. The van der Waals surface area contributed by atoms with Crippen LogP contribution in [0.4, 0.5) is 5.82 Å². The molecule has 0 aliphatic carbocycles. The van der Waals surface area contributed by atoms with Gasteiger partial charge in [-0.15, -0.1) is 0 Å². The van der Waals surface area contributed by atoms with Gasteiger partial charge in [-0.1, -0.05) is 6.07 Å². The van der Waals surface area contributed by atoms with Crippen LogP contribution in [0.2, 0.25) is 0 Å².